The Labute approximate surface area is 117 Å². The van der Waals surface area contributed by atoms with Crippen molar-refractivity contribution in [2.24, 2.45) is 0 Å². The van der Waals surface area contributed by atoms with Gasteiger partial charge in [-0.1, -0.05) is 36.4 Å². The Hall–Kier alpha value is -2.39. The van der Waals surface area contributed by atoms with E-state index in [1.165, 1.54) is 0 Å². The van der Waals surface area contributed by atoms with E-state index >= 15 is 0 Å². The summed E-state index contributed by atoms with van der Waals surface area (Å²) in [6, 6.07) is 15.9. The summed E-state index contributed by atoms with van der Waals surface area (Å²) in [5.41, 5.74) is 8.35. The highest BCUT2D eigenvalue weighted by molar-refractivity contribution is 5.83. The number of aromatic nitrogens is 1. The van der Waals surface area contributed by atoms with E-state index in [0.29, 0.717) is 11.4 Å². The molecule has 3 aromatic rings. The molecule has 0 amide bonds. The molecule has 0 aliphatic heterocycles. The van der Waals surface area contributed by atoms with Crippen LogP contribution in [0.1, 0.15) is 22.8 Å². The zero-order chi connectivity index (χ0) is 14.1. The van der Waals surface area contributed by atoms with Gasteiger partial charge < -0.3 is 10.8 Å². The number of benzene rings is 2. The third-order valence-electron chi connectivity index (χ3n) is 3.60. The number of aryl methyl sites for hydroxylation is 1. The fraction of sp³-hybridized carbons (Fsp3) is 0.118. The second kappa shape index (κ2) is 4.94. The van der Waals surface area contributed by atoms with Crippen molar-refractivity contribution >= 4 is 16.6 Å². The van der Waals surface area contributed by atoms with Crippen molar-refractivity contribution in [2.75, 3.05) is 5.73 Å². The summed E-state index contributed by atoms with van der Waals surface area (Å²) >= 11 is 0. The van der Waals surface area contributed by atoms with Gasteiger partial charge in [0.1, 0.15) is 11.9 Å². The van der Waals surface area contributed by atoms with Crippen molar-refractivity contribution in [3.63, 3.8) is 0 Å². The smallest absolute Gasteiger partial charge is 0.129 e. The lowest BCUT2D eigenvalue weighted by molar-refractivity contribution is 0.220. The van der Waals surface area contributed by atoms with Crippen LogP contribution in [0.3, 0.4) is 0 Å². The topological polar surface area (TPSA) is 59.1 Å². The van der Waals surface area contributed by atoms with Crippen LogP contribution in [0.25, 0.3) is 10.8 Å². The zero-order valence-corrected chi connectivity index (χ0v) is 11.2. The molecule has 0 bridgehead atoms. The number of hydrogen-bond acceptors (Lipinski definition) is 3. The Morgan fingerprint density at radius 1 is 1.05 bits per heavy atom. The Bertz CT molecular complexity index is 748. The van der Waals surface area contributed by atoms with Gasteiger partial charge in [-0.15, -0.1) is 0 Å². The number of aliphatic hydroxyl groups is 1. The highest BCUT2D eigenvalue weighted by Gasteiger charge is 2.16. The highest BCUT2D eigenvalue weighted by Crippen LogP contribution is 2.30. The maximum absolute atomic E-state index is 10.6. The first-order valence-electron chi connectivity index (χ1n) is 6.54. The number of nitrogens with zero attached hydrogens (tertiary/aromatic N) is 1. The normalized spacial score (nSPS) is 12.5. The van der Waals surface area contributed by atoms with E-state index in [1.54, 1.807) is 6.20 Å². The highest BCUT2D eigenvalue weighted by atomic mass is 16.3. The maximum Gasteiger partial charge on any atom is 0.129 e. The molecular weight excluding hydrogens is 248 g/mol. The lowest BCUT2D eigenvalue weighted by Gasteiger charge is -2.16. The zero-order valence-electron chi connectivity index (χ0n) is 11.2. The van der Waals surface area contributed by atoms with Gasteiger partial charge >= 0.3 is 0 Å². The molecular formula is C17H16N2O. The minimum absolute atomic E-state index is 0.380. The van der Waals surface area contributed by atoms with Crippen LogP contribution < -0.4 is 5.73 Å². The van der Waals surface area contributed by atoms with Crippen LogP contribution in [0, 0.1) is 6.92 Å². The average molecular weight is 264 g/mol. The molecule has 100 valence electrons. The van der Waals surface area contributed by atoms with Crippen LogP contribution in [0.4, 0.5) is 5.82 Å². The molecule has 1 aromatic heterocycles. The third-order valence-corrected chi connectivity index (χ3v) is 3.60. The number of nitrogen functional groups attached to an aromatic ring is 1. The van der Waals surface area contributed by atoms with E-state index in [9.17, 15) is 5.11 Å². The van der Waals surface area contributed by atoms with Crippen LogP contribution in [-0.4, -0.2) is 10.1 Å². The van der Waals surface area contributed by atoms with Crippen LogP contribution in [0.15, 0.2) is 54.7 Å². The third kappa shape index (κ3) is 2.12. The molecule has 3 N–H and O–H groups in total. The fourth-order valence-corrected chi connectivity index (χ4v) is 2.49. The van der Waals surface area contributed by atoms with E-state index in [0.717, 1.165) is 21.9 Å². The Kier molecular flexibility index (Phi) is 3.12. The van der Waals surface area contributed by atoms with Gasteiger partial charge in [0.2, 0.25) is 0 Å². The molecule has 0 saturated carbocycles. The van der Waals surface area contributed by atoms with E-state index < -0.39 is 6.10 Å². The lowest BCUT2D eigenvalue weighted by Crippen LogP contribution is -2.07. The van der Waals surface area contributed by atoms with Gasteiger partial charge in [0.25, 0.3) is 0 Å². The number of rotatable bonds is 2. The molecule has 0 aliphatic rings. The van der Waals surface area contributed by atoms with Crippen LogP contribution >= 0.6 is 0 Å². The fourth-order valence-electron chi connectivity index (χ4n) is 2.49. The molecule has 3 heteroatoms. The molecule has 0 radical (unpaired) electrons. The maximum atomic E-state index is 10.6. The van der Waals surface area contributed by atoms with Gasteiger partial charge in [-0.3, -0.25) is 0 Å². The quantitative estimate of drug-likeness (QED) is 0.747. The SMILES string of the molecule is Cc1ccnc(N)c1C(O)c1ccc2ccccc2c1. The molecule has 3 rings (SSSR count). The summed E-state index contributed by atoms with van der Waals surface area (Å²) < 4.78 is 0. The minimum atomic E-state index is -0.756. The van der Waals surface area contributed by atoms with E-state index in [-0.39, 0.29) is 0 Å². The van der Waals surface area contributed by atoms with Crippen molar-refractivity contribution in [3.05, 3.63) is 71.4 Å². The van der Waals surface area contributed by atoms with Gasteiger partial charge in [-0.05, 0) is 41.0 Å². The number of nitrogens with two attached hydrogens (primary N) is 1. The Morgan fingerprint density at radius 3 is 2.55 bits per heavy atom. The van der Waals surface area contributed by atoms with Gasteiger partial charge in [-0.2, -0.15) is 0 Å². The number of aliphatic hydroxyl groups excluding tert-OH is 1. The first-order chi connectivity index (χ1) is 9.66. The second-order valence-corrected chi connectivity index (χ2v) is 4.94. The van der Waals surface area contributed by atoms with Gasteiger partial charge in [0, 0.05) is 11.8 Å². The van der Waals surface area contributed by atoms with E-state index in [1.807, 2.05) is 49.4 Å². The molecule has 2 aromatic carbocycles. The van der Waals surface area contributed by atoms with Crippen molar-refractivity contribution < 1.29 is 5.11 Å². The van der Waals surface area contributed by atoms with Gasteiger partial charge in [-0.25, -0.2) is 4.98 Å². The molecule has 20 heavy (non-hydrogen) atoms. The number of hydrogen-bond donors (Lipinski definition) is 2. The molecule has 0 saturated heterocycles. The van der Waals surface area contributed by atoms with Crippen LogP contribution in [0.2, 0.25) is 0 Å². The summed E-state index contributed by atoms with van der Waals surface area (Å²) in [6.07, 6.45) is 0.898. The molecule has 0 fully saturated rings. The van der Waals surface area contributed by atoms with E-state index in [4.69, 9.17) is 5.73 Å². The first-order valence-corrected chi connectivity index (χ1v) is 6.54. The lowest BCUT2D eigenvalue weighted by atomic mass is 9.96. The summed E-state index contributed by atoms with van der Waals surface area (Å²) in [6.45, 7) is 1.93. The largest absolute Gasteiger partial charge is 0.384 e. The van der Waals surface area contributed by atoms with Gasteiger partial charge in [0.05, 0.1) is 0 Å². The predicted octanol–water partition coefficient (Wildman–Crippen LogP) is 3.21. The molecule has 0 spiro atoms. The Morgan fingerprint density at radius 2 is 1.80 bits per heavy atom. The predicted molar refractivity (Wildman–Crippen MR) is 81.4 cm³/mol. The Balaban J connectivity index is 2.10. The number of pyridine rings is 1. The number of fused-ring (bicyclic) bond motifs is 1. The second-order valence-electron chi connectivity index (χ2n) is 4.94. The van der Waals surface area contributed by atoms with Crippen LogP contribution in [0.5, 0.6) is 0 Å². The molecule has 1 atom stereocenters. The van der Waals surface area contributed by atoms with Crippen molar-refractivity contribution in [3.8, 4) is 0 Å². The minimum Gasteiger partial charge on any atom is -0.384 e. The molecule has 1 heterocycles. The first kappa shape index (κ1) is 12.6. The summed E-state index contributed by atoms with van der Waals surface area (Å²) in [4.78, 5) is 4.07. The monoisotopic (exact) mass is 264 g/mol. The standard InChI is InChI=1S/C17H16N2O/c1-11-8-9-19-17(18)15(11)16(20)14-7-6-12-4-2-3-5-13(12)10-14/h2-10,16,20H,1H3,(H2,18,19). The summed E-state index contributed by atoms with van der Waals surface area (Å²) in [5, 5.41) is 12.8. The van der Waals surface area contributed by atoms with Crippen molar-refractivity contribution in [2.45, 2.75) is 13.0 Å². The van der Waals surface area contributed by atoms with Gasteiger partial charge in [0.15, 0.2) is 0 Å². The molecule has 0 aliphatic carbocycles. The number of anilines is 1. The summed E-state index contributed by atoms with van der Waals surface area (Å²) in [7, 11) is 0. The van der Waals surface area contributed by atoms with Crippen LogP contribution in [-0.2, 0) is 0 Å². The molecule has 3 nitrogen and oxygen atoms in total. The van der Waals surface area contributed by atoms with E-state index in [2.05, 4.69) is 11.1 Å². The average Bonchev–Trinajstić information content (AvgIpc) is 2.46. The van der Waals surface area contributed by atoms with Crippen molar-refractivity contribution in [1.82, 2.24) is 4.98 Å². The molecule has 1 unspecified atom stereocenters. The summed E-state index contributed by atoms with van der Waals surface area (Å²) in [5.74, 6) is 0.380. The van der Waals surface area contributed by atoms with Crippen molar-refractivity contribution in [1.29, 1.82) is 0 Å².